The molecule has 0 spiro atoms. The van der Waals surface area contributed by atoms with Gasteiger partial charge in [0.1, 0.15) is 5.75 Å². The zero-order valence-electron chi connectivity index (χ0n) is 7.63. The van der Waals surface area contributed by atoms with Crippen LogP contribution in [0.15, 0.2) is 18.2 Å². The highest BCUT2D eigenvalue weighted by Crippen LogP contribution is 2.30. The van der Waals surface area contributed by atoms with Crippen LogP contribution in [0.25, 0.3) is 6.08 Å². The fourth-order valence-electron chi connectivity index (χ4n) is 1.59. The summed E-state index contributed by atoms with van der Waals surface area (Å²) in [5.41, 5.74) is 2.75. The van der Waals surface area contributed by atoms with Crippen molar-refractivity contribution < 1.29 is 9.53 Å². The molecule has 1 aromatic carbocycles. The number of rotatable bonds is 1. The predicted molar refractivity (Wildman–Crippen MR) is 51.1 cm³/mol. The third kappa shape index (κ3) is 1.15. The van der Waals surface area contributed by atoms with Crippen molar-refractivity contribution in [3.05, 3.63) is 34.9 Å². The first kappa shape index (κ1) is 8.05. The Balaban J connectivity index is 2.69. The second-order valence-electron chi connectivity index (χ2n) is 3.13. The standard InChI is InChI=1S/C11H10O2/c1-7-5-8-3-4-9(12)11(8)10(6-7)13-2/h3-6H,1-2H3. The second kappa shape index (κ2) is 2.73. The monoisotopic (exact) mass is 174 g/mol. The minimum absolute atomic E-state index is 0.0341. The SMILES string of the molecule is COc1cc(C)cc2c1C(=O)C=C2. The highest BCUT2D eigenvalue weighted by atomic mass is 16.5. The van der Waals surface area contributed by atoms with Gasteiger partial charge >= 0.3 is 0 Å². The fraction of sp³-hybridized carbons (Fsp3) is 0.182. The zero-order chi connectivity index (χ0) is 9.42. The van der Waals surface area contributed by atoms with Crippen LogP contribution in [0.1, 0.15) is 21.5 Å². The van der Waals surface area contributed by atoms with Gasteiger partial charge in [-0.2, -0.15) is 0 Å². The molecule has 0 saturated heterocycles. The molecule has 0 fully saturated rings. The maximum absolute atomic E-state index is 11.4. The molecule has 0 aliphatic heterocycles. The predicted octanol–water partition coefficient (Wildman–Crippen LogP) is 2.21. The number of hydrogen-bond acceptors (Lipinski definition) is 2. The van der Waals surface area contributed by atoms with Crippen LogP contribution in [-0.4, -0.2) is 12.9 Å². The van der Waals surface area contributed by atoms with Crippen molar-refractivity contribution in [2.45, 2.75) is 6.92 Å². The largest absolute Gasteiger partial charge is 0.496 e. The zero-order valence-corrected chi connectivity index (χ0v) is 7.63. The number of ketones is 1. The summed E-state index contributed by atoms with van der Waals surface area (Å²) in [6.07, 6.45) is 3.40. The van der Waals surface area contributed by atoms with Gasteiger partial charge in [-0.05, 0) is 30.2 Å². The van der Waals surface area contributed by atoms with Crippen LogP contribution in [0.4, 0.5) is 0 Å². The van der Waals surface area contributed by atoms with Crippen LogP contribution in [0, 0.1) is 6.92 Å². The number of allylic oxidation sites excluding steroid dienone is 1. The lowest BCUT2D eigenvalue weighted by Crippen LogP contribution is -1.97. The van der Waals surface area contributed by atoms with E-state index in [-0.39, 0.29) is 5.78 Å². The van der Waals surface area contributed by atoms with Gasteiger partial charge < -0.3 is 4.74 Å². The maximum atomic E-state index is 11.4. The molecule has 2 heteroatoms. The quantitative estimate of drug-likeness (QED) is 0.652. The Morgan fingerprint density at radius 2 is 2.00 bits per heavy atom. The van der Waals surface area contributed by atoms with E-state index in [0.717, 1.165) is 11.1 Å². The lowest BCUT2D eigenvalue weighted by molar-refractivity contribution is 0.104. The molecular weight excluding hydrogens is 164 g/mol. The van der Waals surface area contributed by atoms with E-state index in [0.29, 0.717) is 11.3 Å². The summed E-state index contributed by atoms with van der Waals surface area (Å²) in [7, 11) is 1.58. The molecule has 66 valence electrons. The van der Waals surface area contributed by atoms with Gasteiger partial charge in [0.25, 0.3) is 0 Å². The molecule has 0 aromatic heterocycles. The lowest BCUT2D eigenvalue weighted by atomic mass is 10.1. The Morgan fingerprint density at radius 3 is 2.69 bits per heavy atom. The van der Waals surface area contributed by atoms with E-state index < -0.39 is 0 Å². The van der Waals surface area contributed by atoms with E-state index in [1.54, 1.807) is 13.2 Å². The van der Waals surface area contributed by atoms with Gasteiger partial charge in [0.2, 0.25) is 0 Å². The normalized spacial score (nSPS) is 13.2. The van der Waals surface area contributed by atoms with Crippen molar-refractivity contribution in [1.82, 2.24) is 0 Å². The summed E-state index contributed by atoms with van der Waals surface area (Å²) in [5.74, 6) is 0.705. The molecule has 0 amide bonds. The van der Waals surface area contributed by atoms with Crippen molar-refractivity contribution in [2.24, 2.45) is 0 Å². The summed E-state index contributed by atoms with van der Waals surface area (Å²) in [5, 5.41) is 0. The second-order valence-corrected chi connectivity index (χ2v) is 3.13. The van der Waals surface area contributed by atoms with Crippen molar-refractivity contribution >= 4 is 11.9 Å². The lowest BCUT2D eigenvalue weighted by Gasteiger charge is -2.07. The van der Waals surface area contributed by atoms with Crippen LogP contribution in [0.2, 0.25) is 0 Å². The average Bonchev–Trinajstić information content (AvgIpc) is 2.46. The van der Waals surface area contributed by atoms with Crippen molar-refractivity contribution in [2.75, 3.05) is 7.11 Å². The van der Waals surface area contributed by atoms with Gasteiger partial charge in [0, 0.05) is 0 Å². The Morgan fingerprint density at radius 1 is 1.23 bits per heavy atom. The van der Waals surface area contributed by atoms with E-state index in [1.807, 2.05) is 25.1 Å². The van der Waals surface area contributed by atoms with Gasteiger partial charge in [-0.3, -0.25) is 4.79 Å². The van der Waals surface area contributed by atoms with Gasteiger partial charge in [0.15, 0.2) is 5.78 Å². The van der Waals surface area contributed by atoms with E-state index in [4.69, 9.17) is 4.74 Å². The van der Waals surface area contributed by atoms with Gasteiger partial charge in [-0.15, -0.1) is 0 Å². The summed E-state index contributed by atoms with van der Waals surface area (Å²) >= 11 is 0. The van der Waals surface area contributed by atoms with Gasteiger partial charge in [-0.1, -0.05) is 12.1 Å². The Kier molecular flexibility index (Phi) is 1.69. The van der Waals surface area contributed by atoms with E-state index in [9.17, 15) is 4.79 Å². The third-order valence-electron chi connectivity index (χ3n) is 2.16. The smallest absolute Gasteiger partial charge is 0.190 e. The molecular formula is C11H10O2. The molecule has 0 bridgehead atoms. The van der Waals surface area contributed by atoms with E-state index >= 15 is 0 Å². The summed E-state index contributed by atoms with van der Waals surface area (Å²) in [4.78, 5) is 11.4. The fourth-order valence-corrected chi connectivity index (χ4v) is 1.59. The maximum Gasteiger partial charge on any atom is 0.190 e. The van der Waals surface area contributed by atoms with Crippen LogP contribution in [-0.2, 0) is 0 Å². The molecule has 1 aliphatic carbocycles. The Labute approximate surface area is 76.8 Å². The van der Waals surface area contributed by atoms with Crippen molar-refractivity contribution in [3.8, 4) is 5.75 Å². The number of benzene rings is 1. The Hall–Kier alpha value is -1.57. The molecule has 2 rings (SSSR count). The van der Waals surface area contributed by atoms with Crippen molar-refractivity contribution in [1.29, 1.82) is 0 Å². The summed E-state index contributed by atoms with van der Waals surface area (Å²) < 4.78 is 5.15. The van der Waals surface area contributed by atoms with Crippen LogP contribution >= 0.6 is 0 Å². The van der Waals surface area contributed by atoms with Gasteiger partial charge in [0.05, 0.1) is 12.7 Å². The Bertz CT molecular complexity index is 403. The molecule has 13 heavy (non-hydrogen) atoms. The minimum Gasteiger partial charge on any atom is -0.496 e. The third-order valence-corrected chi connectivity index (χ3v) is 2.16. The number of methoxy groups -OCH3 is 1. The first-order valence-corrected chi connectivity index (χ1v) is 4.13. The molecule has 1 aromatic rings. The number of carbonyl (C=O) groups is 1. The molecule has 0 unspecified atom stereocenters. The van der Waals surface area contributed by atoms with Crippen LogP contribution in [0.3, 0.4) is 0 Å². The number of carbonyl (C=O) groups excluding carboxylic acids is 1. The summed E-state index contributed by atoms with van der Waals surface area (Å²) in [6, 6.07) is 3.86. The van der Waals surface area contributed by atoms with Crippen molar-refractivity contribution in [3.63, 3.8) is 0 Å². The molecule has 0 heterocycles. The highest BCUT2D eigenvalue weighted by Gasteiger charge is 2.18. The van der Waals surface area contributed by atoms with Crippen LogP contribution in [0.5, 0.6) is 5.75 Å². The van der Waals surface area contributed by atoms with Gasteiger partial charge in [-0.25, -0.2) is 0 Å². The average molecular weight is 174 g/mol. The molecule has 1 aliphatic rings. The molecule has 2 nitrogen and oxygen atoms in total. The highest BCUT2D eigenvalue weighted by molar-refractivity contribution is 6.15. The number of aryl methyl sites for hydroxylation is 1. The first-order valence-electron chi connectivity index (χ1n) is 4.13. The van der Waals surface area contributed by atoms with E-state index in [1.165, 1.54) is 0 Å². The molecule has 0 N–H and O–H groups in total. The first-order chi connectivity index (χ1) is 6.22. The topological polar surface area (TPSA) is 26.3 Å². The minimum atomic E-state index is 0.0341. The number of hydrogen-bond donors (Lipinski definition) is 0. The molecule has 0 saturated carbocycles. The molecule has 0 atom stereocenters. The summed E-state index contributed by atoms with van der Waals surface area (Å²) in [6.45, 7) is 1.99. The number of fused-ring (bicyclic) bond motifs is 1. The van der Waals surface area contributed by atoms with E-state index in [2.05, 4.69) is 0 Å². The number of ether oxygens (including phenoxy) is 1. The van der Waals surface area contributed by atoms with Crippen LogP contribution < -0.4 is 4.74 Å². The molecule has 0 radical (unpaired) electrons.